The molecule has 0 amide bonds. The lowest BCUT2D eigenvalue weighted by molar-refractivity contribution is 0.300. The van der Waals surface area contributed by atoms with Crippen molar-refractivity contribution in [3.05, 3.63) is 58.9 Å². The van der Waals surface area contributed by atoms with E-state index in [0.717, 1.165) is 17.8 Å². The molecule has 0 spiro atoms. The predicted octanol–water partition coefficient (Wildman–Crippen LogP) is 4.35. The van der Waals surface area contributed by atoms with Gasteiger partial charge in [-0.1, -0.05) is 6.07 Å². The highest BCUT2D eigenvalue weighted by atomic mass is 16.5. The van der Waals surface area contributed by atoms with Gasteiger partial charge in [0.15, 0.2) is 0 Å². The third-order valence-electron chi connectivity index (χ3n) is 4.03. The van der Waals surface area contributed by atoms with Crippen molar-refractivity contribution in [3.8, 4) is 5.75 Å². The van der Waals surface area contributed by atoms with E-state index in [1.165, 1.54) is 27.8 Å². The lowest BCUT2D eigenvalue weighted by Gasteiger charge is -2.10. The van der Waals surface area contributed by atoms with Crippen molar-refractivity contribution in [3.63, 3.8) is 0 Å². The number of aryl methyl sites for hydroxylation is 4. The van der Waals surface area contributed by atoms with Crippen LogP contribution in [0.4, 0.5) is 0 Å². The summed E-state index contributed by atoms with van der Waals surface area (Å²) in [5, 5.41) is 0. The largest absolute Gasteiger partial charge is 0.492 e. The maximum absolute atomic E-state index is 5.90. The Morgan fingerprint density at radius 1 is 0.909 bits per heavy atom. The van der Waals surface area contributed by atoms with E-state index < -0.39 is 0 Å². The molecule has 0 fully saturated rings. The maximum Gasteiger partial charge on any atom is 0.119 e. The van der Waals surface area contributed by atoms with E-state index in [1.54, 1.807) is 0 Å². The summed E-state index contributed by atoms with van der Waals surface area (Å²) < 4.78 is 8.05. The first-order valence-electron chi connectivity index (χ1n) is 7.66. The molecule has 0 N–H and O–H groups in total. The fourth-order valence-electron chi connectivity index (χ4n) is 2.77. The van der Waals surface area contributed by atoms with Crippen molar-refractivity contribution in [1.29, 1.82) is 0 Å². The second kappa shape index (κ2) is 5.84. The maximum atomic E-state index is 5.90. The molecule has 0 aliphatic carbocycles. The molecule has 0 bridgehead atoms. The van der Waals surface area contributed by atoms with Crippen molar-refractivity contribution in [2.45, 2.75) is 34.2 Å². The molecule has 3 heteroatoms. The summed E-state index contributed by atoms with van der Waals surface area (Å²) in [5.41, 5.74) is 7.26. The molecular formula is C19H22N2O. The van der Waals surface area contributed by atoms with Crippen LogP contribution in [0.2, 0.25) is 0 Å². The van der Waals surface area contributed by atoms with Crippen LogP contribution in [-0.2, 0) is 6.54 Å². The molecular weight excluding hydrogens is 272 g/mol. The topological polar surface area (TPSA) is 27.1 Å². The van der Waals surface area contributed by atoms with Gasteiger partial charge in [0.25, 0.3) is 0 Å². The second-order valence-corrected chi connectivity index (χ2v) is 6.04. The molecule has 2 aromatic carbocycles. The number of benzene rings is 2. The smallest absolute Gasteiger partial charge is 0.119 e. The van der Waals surface area contributed by atoms with Crippen molar-refractivity contribution >= 4 is 11.0 Å². The van der Waals surface area contributed by atoms with Crippen LogP contribution in [0, 0.1) is 27.7 Å². The lowest BCUT2D eigenvalue weighted by atomic mass is 10.1. The summed E-state index contributed by atoms with van der Waals surface area (Å²) in [5.74, 6) is 0.939. The number of rotatable bonds is 4. The Labute approximate surface area is 131 Å². The number of ether oxygens (including phenoxy) is 1. The molecule has 3 nitrogen and oxygen atoms in total. The second-order valence-electron chi connectivity index (χ2n) is 6.04. The van der Waals surface area contributed by atoms with E-state index in [1.807, 2.05) is 6.33 Å². The SMILES string of the molecule is Cc1cc(C)cc(OCCn2cnc3cc(C)c(C)cc32)c1. The Hall–Kier alpha value is -2.29. The van der Waals surface area contributed by atoms with Crippen LogP contribution in [0.3, 0.4) is 0 Å². The zero-order valence-corrected chi connectivity index (χ0v) is 13.7. The molecule has 0 saturated heterocycles. The van der Waals surface area contributed by atoms with E-state index in [2.05, 4.69) is 67.6 Å². The molecule has 1 aromatic heterocycles. The van der Waals surface area contributed by atoms with Gasteiger partial charge in [0.1, 0.15) is 12.4 Å². The number of aromatic nitrogens is 2. The minimum Gasteiger partial charge on any atom is -0.492 e. The standard InChI is InChI=1S/C19H22N2O/c1-13-7-14(2)9-17(8-13)22-6-5-21-12-20-18-10-15(3)16(4)11-19(18)21/h7-12H,5-6H2,1-4H3. The van der Waals surface area contributed by atoms with E-state index in [0.29, 0.717) is 6.61 Å². The molecule has 0 unspecified atom stereocenters. The Morgan fingerprint density at radius 2 is 1.59 bits per heavy atom. The first-order valence-corrected chi connectivity index (χ1v) is 7.66. The zero-order valence-electron chi connectivity index (χ0n) is 13.7. The number of fused-ring (bicyclic) bond motifs is 1. The highest BCUT2D eigenvalue weighted by Gasteiger charge is 2.05. The quantitative estimate of drug-likeness (QED) is 0.715. The van der Waals surface area contributed by atoms with Gasteiger partial charge in [-0.3, -0.25) is 0 Å². The normalized spacial score (nSPS) is 11.1. The molecule has 0 radical (unpaired) electrons. The van der Waals surface area contributed by atoms with Gasteiger partial charge < -0.3 is 9.30 Å². The number of hydrogen-bond acceptors (Lipinski definition) is 2. The van der Waals surface area contributed by atoms with Crippen molar-refractivity contribution in [2.24, 2.45) is 0 Å². The number of imidazole rings is 1. The van der Waals surface area contributed by atoms with Crippen LogP contribution >= 0.6 is 0 Å². The van der Waals surface area contributed by atoms with Gasteiger partial charge in [0, 0.05) is 0 Å². The van der Waals surface area contributed by atoms with Gasteiger partial charge in [-0.2, -0.15) is 0 Å². The summed E-state index contributed by atoms with van der Waals surface area (Å²) in [7, 11) is 0. The molecule has 3 rings (SSSR count). The molecule has 1 heterocycles. The zero-order chi connectivity index (χ0) is 15.7. The van der Waals surface area contributed by atoms with Crippen LogP contribution in [0.5, 0.6) is 5.75 Å². The highest BCUT2D eigenvalue weighted by molar-refractivity contribution is 5.77. The fourth-order valence-corrected chi connectivity index (χ4v) is 2.77. The van der Waals surface area contributed by atoms with Gasteiger partial charge in [0.05, 0.1) is 23.9 Å². The third kappa shape index (κ3) is 2.98. The Balaban J connectivity index is 1.73. The van der Waals surface area contributed by atoms with Crippen LogP contribution in [0.25, 0.3) is 11.0 Å². The molecule has 0 aliphatic heterocycles. The number of hydrogen-bond donors (Lipinski definition) is 0. The third-order valence-corrected chi connectivity index (χ3v) is 4.03. The highest BCUT2D eigenvalue weighted by Crippen LogP contribution is 2.19. The van der Waals surface area contributed by atoms with Crippen LogP contribution in [0.1, 0.15) is 22.3 Å². The minimum atomic E-state index is 0.640. The van der Waals surface area contributed by atoms with Gasteiger partial charge >= 0.3 is 0 Å². The average Bonchev–Trinajstić information content (AvgIpc) is 2.81. The Morgan fingerprint density at radius 3 is 2.32 bits per heavy atom. The monoisotopic (exact) mass is 294 g/mol. The van der Waals surface area contributed by atoms with Gasteiger partial charge in [-0.05, 0) is 74.2 Å². The molecule has 0 aliphatic rings. The van der Waals surface area contributed by atoms with Gasteiger partial charge in [0.2, 0.25) is 0 Å². The summed E-state index contributed by atoms with van der Waals surface area (Å²) in [6.45, 7) is 9.88. The van der Waals surface area contributed by atoms with Crippen LogP contribution in [0.15, 0.2) is 36.7 Å². The summed E-state index contributed by atoms with van der Waals surface area (Å²) >= 11 is 0. The molecule has 114 valence electrons. The Bertz CT molecular complexity index is 797. The van der Waals surface area contributed by atoms with E-state index in [-0.39, 0.29) is 0 Å². The van der Waals surface area contributed by atoms with Crippen molar-refractivity contribution in [1.82, 2.24) is 9.55 Å². The Kier molecular flexibility index (Phi) is 3.88. The predicted molar refractivity (Wildman–Crippen MR) is 90.6 cm³/mol. The van der Waals surface area contributed by atoms with Gasteiger partial charge in [-0.15, -0.1) is 0 Å². The molecule has 0 atom stereocenters. The van der Waals surface area contributed by atoms with E-state index >= 15 is 0 Å². The molecule has 0 saturated carbocycles. The molecule has 22 heavy (non-hydrogen) atoms. The van der Waals surface area contributed by atoms with Crippen LogP contribution in [-0.4, -0.2) is 16.2 Å². The number of nitrogens with zero attached hydrogens (tertiary/aromatic N) is 2. The minimum absolute atomic E-state index is 0.640. The first-order chi connectivity index (χ1) is 10.5. The fraction of sp³-hybridized carbons (Fsp3) is 0.316. The van der Waals surface area contributed by atoms with Crippen molar-refractivity contribution in [2.75, 3.05) is 6.61 Å². The van der Waals surface area contributed by atoms with Crippen LogP contribution < -0.4 is 4.74 Å². The summed E-state index contributed by atoms with van der Waals surface area (Å²) in [6, 6.07) is 10.7. The average molecular weight is 294 g/mol. The lowest BCUT2D eigenvalue weighted by Crippen LogP contribution is -2.07. The first kappa shape index (κ1) is 14.6. The van der Waals surface area contributed by atoms with Crippen molar-refractivity contribution < 1.29 is 4.74 Å². The summed E-state index contributed by atoms with van der Waals surface area (Å²) in [4.78, 5) is 4.48. The molecule has 3 aromatic rings. The van der Waals surface area contributed by atoms with E-state index in [9.17, 15) is 0 Å². The summed E-state index contributed by atoms with van der Waals surface area (Å²) in [6.07, 6.45) is 1.90. The van der Waals surface area contributed by atoms with Gasteiger partial charge in [-0.25, -0.2) is 4.98 Å². The van der Waals surface area contributed by atoms with E-state index in [4.69, 9.17) is 4.74 Å².